The Kier molecular flexibility index (Phi) is 10.6. The van der Waals surface area contributed by atoms with Crippen molar-refractivity contribution in [3.05, 3.63) is 35.4 Å². The van der Waals surface area contributed by atoms with Crippen molar-refractivity contribution in [1.82, 2.24) is 15.5 Å². The van der Waals surface area contributed by atoms with E-state index in [9.17, 15) is 0 Å². The summed E-state index contributed by atoms with van der Waals surface area (Å²) in [5.41, 5.74) is 2.36. The first kappa shape index (κ1) is 24.1. The Morgan fingerprint density at radius 2 is 1.85 bits per heavy atom. The number of halogens is 1. The van der Waals surface area contributed by atoms with Crippen LogP contribution in [0.3, 0.4) is 0 Å². The van der Waals surface area contributed by atoms with Gasteiger partial charge in [-0.1, -0.05) is 29.8 Å². The number of ether oxygens (including phenoxy) is 2. The zero-order chi connectivity index (χ0) is 19.0. The van der Waals surface area contributed by atoms with Gasteiger partial charge in [-0.05, 0) is 26.3 Å². The molecule has 1 fully saturated rings. The molecule has 0 bridgehead atoms. The van der Waals surface area contributed by atoms with E-state index in [2.05, 4.69) is 65.6 Å². The molecule has 0 amide bonds. The number of rotatable bonds is 7. The van der Waals surface area contributed by atoms with Crippen LogP contribution in [0.2, 0.25) is 0 Å². The summed E-state index contributed by atoms with van der Waals surface area (Å²) in [4.78, 5) is 6.83. The molecule has 0 aliphatic carbocycles. The van der Waals surface area contributed by atoms with E-state index >= 15 is 0 Å². The van der Waals surface area contributed by atoms with Gasteiger partial charge in [-0.15, -0.1) is 24.0 Å². The van der Waals surface area contributed by atoms with Gasteiger partial charge in [0.15, 0.2) is 5.96 Å². The first-order valence-electron chi connectivity index (χ1n) is 9.33. The van der Waals surface area contributed by atoms with Crippen molar-refractivity contribution in [3.63, 3.8) is 0 Å². The molecule has 1 unspecified atom stereocenters. The standard InChI is InChI=1S/C20H34N4O2.HI/c1-16-6-8-17(9-7-16)18(24-10-12-26-13-11-24)14-22-19(21-4)23-15-20(2,3)25-5;/h6-9,18H,10-15H2,1-5H3,(H2,21,22,23);1H. The van der Waals surface area contributed by atoms with Crippen molar-refractivity contribution >= 4 is 29.9 Å². The molecule has 0 saturated carbocycles. The van der Waals surface area contributed by atoms with Crippen molar-refractivity contribution < 1.29 is 9.47 Å². The van der Waals surface area contributed by atoms with E-state index in [1.54, 1.807) is 14.2 Å². The van der Waals surface area contributed by atoms with Gasteiger partial charge in [-0.2, -0.15) is 0 Å². The summed E-state index contributed by atoms with van der Waals surface area (Å²) in [7, 11) is 3.52. The average Bonchev–Trinajstić information content (AvgIpc) is 2.66. The molecule has 1 aromatic rings. The zero-order valence-electron chi connectivity index (χ0n) is 17.2. The van der Waals surface area contributed by atoms with Gasteiger partial charge in [0.2, 0.25) is 0 Å². The zero-order valence-corrected chi connectivity index (χ0v) is 19.6. The number of methoxy groups -OCH3 is 1. The first-order chi connectivity index (χ1) is 12.4. The Hall–Kier alpha value is -0.900. The van der Waals surface area contributed by atoms with Gasteiger partial charge in [0, 0.05) is 40.3 Å². The van der Waals surface area contributed by atoms with Crippen LogP contribution in [-0.4, -0.2) is 70.0 Å². The third-order valence-corrected chi connectivity index (χ3v) is 4.87. The van der Waals surface area contributed by atoms with Crippen LogP contribution < -0.4 is 10.6 Å². The van der Waals surface area contributed by atoms with Crippen LogP contribution in [0.1, 0.15) is 31.0 Å². The molecule has 154 valence electrons. The average molecular weight is 490 g/mol. The third kappa shape index (κ3) is 7.93. The maximum atomic E-state index is 5.53. The van der Waals surface area contributed by atoms with Gasteiger partial charge in [0.25, 0.3) is 0 Å². The van der Waals surface area contributed by atoms with Crippen LogP contribution in [0.25, 0.3) is 0 Å². The SMILES string of the molecule is CN=C(NCC(c1ccc(C)cc1)N1CCOCC1)NCC(C)(C)OC.I. The minimum Gasteiger partial charge on any atom is -0.379 e. The fraction of sp³-hybridized carbons (Fsp3) is 0.650. The normalized spacial score (nSPS) is 17.1. The molecule has 0 spiro atoms. The van der Waals surface area contributed by atoms with Crippen molar-refractivity contribution in [2.24, 2.45) is 4.99 Å². The van der Waals surface area contributed by atoms with Crippen molar-refractivity contribution in [3.8, 4) is 0 Å². The second-order valence-corrected chi connectivity index (χ2v) is 7.35. The van der Waals surface area contributed by atoms with E-state index in [1.165, 1.54) is 11.1 Å². The highest BCUT2D eigenvalue weighted by atomic mass is 127. The van der Waals surface area contributed by atoms with Crippen LogP contribution in [0.15, 0.2) is 29.3 Å². The molecular weight excluding hydrogens is 455 g/mol. The molecule has 0 radical (unpaired) electrons. The highest BCUT2D eigenvalue weighted by Gasteiger charge is 2.23. The molecule has 6 nitrogen and oxygen atoms in total. The summed E-state index contributed by atoms with van der Waals surface area (Å²) < 4.78 is 11.0. The molecule has 1 aliphatic rings. The summed E-state index contributed by atoms with van der Waals surface area (Å²) in [5, 5.41) is 6.83. The van der Waals surface area contributed by atoms with Crippen LogP contribution in [0, 0.1) is 6.92 Å². The smallest absolute Gasteiger partial charge is 0.191 e. The fourth-order valence-corrected chi connectivity index (χ4v) is 2.92. The second-order valence-electron chi connectivity index (χ2n) is 7.35. The molecule has 0 aromatic heterocycles. The Bertz CT molecular complexity index is 572. The van der Waals surface area contributed by atoms with Crippen LogP contribution >= 0.6 is 24.0 Å². The van der Waals surface area contributed by atoms with Gasteiger partial charge >= 0.3 is 0 Å². The van der Waals surface area contributed by atoms with Gasteiger partial charge < -0.3 is 20.1 Å². The lowest BCUT2D eigenvalue weighted by Crippen LogP contribution is -2.48. The predicted octanol–water partition coefficient (Wildman–Crippen LogP) is 2.58. The number of nitrogens with one attached hydrogen (secondary N) is 2. The summed E-state index contributed by atoms with van der Waals surface area (Å²) >= 11 is 0. The topological polar surface area (TPSA) is 58.1 Å². The van der Waals surface area contributed by atoms with E-state index in [1.807, 2.05) is 0 Å². The quantitative estimate of drug-likeness (QED) is 0.350. The number of benzene rings is 1. The molecular formula is C20H35IN4O2. The van der Waals surface area contributed by atoms with E-state index in [0.29, 0.717) is 6.54 Å². The van der Waals surface area contributed by atoms with E-state index in [4.69, 9.17) is 9.47 Å². The summed E-state index contributed by atoms with van der Waals surface area (Å²) in [6.45, 7) is 11.2. The first-order valence-corrected chi connectivity index (χ1v) is 9.33. The lowest BCUT2D eigenvalue weighted by molar-refractivity contribution is 0.0167. The Morgan fingerprint density at radius 1 is 1.22 bits per heavy atom. The maximum Gasteiger partial charge on any atom is 0.191 e. The highest BCUT2D eigenvalue weighted by Crippen LogP contribution is 2.21. The Morgan fingerprint density at radius 3 is 2.41 bits per heavy atom. The highest BCUT2D eigenvalue weighted by molar-refractivity contribution is 14.0. The Balaban J connectivity index is 0.00000364. The lowest BCUT2D eigenvalue weighted by Gasteiger charge is -2.35. The van der Waals surface area contributed by atoms with Crippen LogP contribution in [-0.2, 0) is 9.47 Å². The monoisotopic (exact) mass is 490 g/mol. The minimum atomic E-state index is -0.238. The van der Waals surface area contributed by atoms with Crippen molar-refractivity contribution in [2.45, 2.75) is 32.4 Å². The van der Waals surface area contributed by atoms with Crippen LogP contribution in [0.4, 0.5) is 0 Å². The summed E-state index contributed by atoms with van der Waals surface area (Å²) in [6, 6.07) is 9.09. The number of morpholine rings is 1. The minimum absolute atomic E-state index is 0. The van der Waals surface area contributed by atoms with Crippen molar-refractivity contribution in [1.29, 1.82) is 0 Å². The number of aliphatic imine (C=N–C) groups is 1. The molecule has 27 heavy (non-hydrogen) atoms. The van der Waals surface area contributed by atoms with E-state index in [-0.39, 0.29) is 35.6 Å². The number of guanidine groups is 1. The third-order valence-electron chi connectivity index (χ3n) is 4.87. The maximum absolute atomic E-state index is 5.53. The molecule has 7 heteroatoms. The fourth-order valence-electron chi connectivity index (χ4n) is 2.92. The number of aryl methyl sites for hydroxylation is 1. The van der Waals surface area contributed by atoms with E-state index in [0.717, 1.165) is 38.8 Å². The van der Waals surface area contributed by atoms with Crippen molar-refractivity contribution in [2.75, 3.05) is 53.6 Å². The number of hydrogen-bond donors (Lipinski definition) is 2. The predicted molar refractivity (Wildman–Crippen MR) is 122 cm³/mol. The molecule has 1 atom stereocenters. The second kappa shape index (κ2) is 11.8. The van der Waals surface area contributed by atoms with Gasteiger partial charge in [0.1, 0.15) is 0 Å². The van der Waals surface area contributed by atoms with Gasteiger partial charge in [0.05, 0.1) is 24.9 Å². The van der Waals surface area contributed by atoms with Gasteiger partial charge in [-0.25, -0.2) is 0 Å². The van der Waals surface area contributed by atoms with Gasteiger partial charge in [-0.3, -0.25) is 9.89 Å². The number of nitrogens with zero attached hydrogens (tertiary/aromatic N) is 2. The number of hydrogen-bond acceptors (Lipinski definition) is 4. The Labute approximate surface area is 181 Å². The molecule has 2 N–H and O–H groups in total. The molecule has 1 heterocycles. The largest absolute Gasteiger partial charge is 0.379 e. The lowest BCUT2D eigenvalue weighted by atomic mass is 10.0. The summed E-state index contributed by atoms with van der Waals surface area (Å²) in [6.07, 6.45) is 0. The molecule has 1 saturated heterocycles. The molecule has 1 aromatic carbocycles. The molecule has 1 aliphatic heterocycles. The summed E-state index contributed by atoms with van der Waals surface area (Å²) in [5.74, 6) is 0.792. The molecule has 2 rings (SSSR count). The van der Waals surface area contributed by atoms with E-state index < -0.39 is 0 Å². The van der Waals surface area contributed by atoms with Crippen LogP contribution in [0.5, 0.6) is 0 Å².